The fraction of sp³-hybridized carbons (Fsp3) is 0.227. The number of aromatic nitrogens is 3. The normalized spacial score (nSPS) is 10.5. The lowest BCUT2D eigenvalue weighted by Gasteiger charge is -2.21. The van der Waals surface area contributed by atoms with E-state index in [1.807, 2.05) is 48.0 Å². The minimum Gasteiger partial charge on any atom is -0.334 e. The van der Waals surface area contributed by atoms with Crippen molar-refractivity contribution >= 4 is 6.03 Å². The number of carbonyl (C=O) groups is 1. The molecule has 0 atom stereocenters. The molecule has 144 valence electrons. The lowest BCUT2D eigenvalue weighted by atomic mass is 10.1. The van der Waals surface area contributed by atoms with Crippen molar-refractivity contribution < 1.29 is 4.79 Å². The van der Waals surface area contributed by atoms with Gasteiger partial charge in [0.05, 0.1) is 0 Å². The second kappa shape index (κ2) is 9.50. The summed E-state index contributed by atoms with van der Waals surface area (Å²) in [7, 11) is 0. The van der Waals surface area contributed by atoms with E-state index in [1.54, 1.807) is 23.4 Å². The van der Waals surface area contributed by atoms with E-state index in [-0.39, 0.29) is 6.03 Å². The maximum absolute atomic E-state index is 12.6. The van der Waals surface area contributed by atoms with Gasteiger partial charge < -0.3 is 10.2 Å². The summed E-state index contributed by atoms with van der Waals surface area (Å²) in [4.78, 5) is 23.0. The van der Waals surface area contributed by atoms with Crippen LogP contribution in [0.3, 0.4) is 0 Å². The molecule has 1 aromatic carbocycles. The van der Waals surface area contributed by atoms with Gasteiger partial charge in [0.25, 0.3) is 0 Å². The molecular formula is C22H25N5O. The van der Waals surface area contributed by atoms with Gasteiger partial charge in [-0.1, -0.05) is 42.5 Å². The van der Waals surface area contributed by atoms with Crippen LogP contribution in [-0.4, -0.2) is 38.6 Å². The largest absolute Gasteiger partial charge is 0.334 e. The number of benzene rings is 1. The van der Waals surface area contributed by atoms with Crippen LogP contribution in [0.15, 0.2) is 73.7 Å². The molecule has 0 aliphatic heterocycles. The monoisotopic (exact) mass is 375 g/mol. The summed E-state index contributed by atoms with van der Waals surface area (Å²) in [6, 6.07) is 13.9. The Morgan fingerprint density at radius 1 is 1.18 bits per heavy atom. The zero-order valence-corrected chi connectivity index (χ0v) is 16.1. The van der Waals surface area contributed by atoms with Crippen molar-refractivity contribution in [3.8, 4) is 5.82 Å². The van der Waals surface area contributed by atoms with E-state index in [0.29, 0.717) is 19.6 Å². The Morgan fingerprint density at radius 3 is 2.64 bits per heavy atom. The van der Waals surface area contributed by atoms with Crippen LogP contribution in [0.4, 0.5) is 4.79 Å². The minimum absolute atomic E-state index is 0.106. The third-order valence-corrected chi connectivity index (χ3v) is 4.48. The number of imidazole rings is 1. The van der Waals surface area contributed by atoms with E-state index >= 15 is 0 Å². The molecule has 0 fully saturated rings. The van der Waals surface area contributed by atoms with Crippen LogP contribution in [0.2, 0.25) is 0 Å². The van der Waals surface area contributed by atoms with E-state index in [2.05, 4.69) is 34.0 Å². The van der Waals surface area contributed by atoms with Crippen molar-refractivity contribution in [3.63, 3.8) is 0 Å². The van der Waals surface area contributed by atoms with Gasteiger partial charge in [0.2, 0.25) is 0 Å². The van der Waals surface area contributed by atoms with E-state index in [4.69, 9.17) is 0 Å². The Labute approximate surface area is 165 Å². The minimum atomic E-state index is -0.106. The molecule has 0 unspecified atom stereocenters. The third kappa shape index (κ3) is 5.07. The second-order valence-electron chi connectivity index (χ2n) is 6.50. The number of pyridine rings is 1. The molecule has 28 heavy (non-hydrogen) atoms. The first-order chi connectivity index (χ1) is 13.7. The predicted octanol–water partition coefficient (Wildman–Crippen LogP) is 3.52. The molecule has 0 saturated heterocycles. The molecular weight excluding hydrogens is 350 g/mol. The number of carbonyl (C=O) groups excluding carboxylic acids is 1. The molecule has 2 amide bonds. The highest BCUT2D eigenvalue weighted by molar-refractivity contribution is 5.74. The van der Waals surface area contributed by atoms with Gasteiger partial charge in [0, 0.05) is 38.2 Å². The van der Waals surface area contributed by atoms with Gasteiger partial charge in [0.15, 0.2) is 0 Å². The number of hydrogen-bond donors (Lipinski definition) is 1. The summed E-state index contributed by atoms with van der Waals surface area (Å²) in [6.45, 7) is 7.26. The summed E-state index contributed by atoms with van der Waals surface area (Å²) in [5.41, 5.74) is 2.15. The summed E-state index contributed by atoms with van der Waals surface area (Å²) < 4.78 is 1.91. The van der Waals surface area contributed by atoms with Crippen LogP contribution < -0.4 is 5.32 Å². The zero-order chi connectivity index (χ0) is 19.8. The molecule has 0 aliphatic carbocycles. The Bertz CT molecular complexity index is 902. The molecule has 0 bridgehead atoms. The Hall–Kier alpha value is -3.41. The highest BCUT2D eigenvalue weighted by atomic mass is 16.2. The van der Waals surface area contributed by atoms with Crippen LogP contribution in [0, 0.1) is 6.92 Å². The predicted molar refractivity (Wildman–Crippen MR) is 110 cm³/mol. The van der Waals surface area contributed by atoms with Crippen molar-refractivity contribution in [3.05, 3.63) is 90.7 Å². The smallest absolute Gasteiger partial charge is 0.317 e. The maximum atomic E-state index is 12.6. The average molecular weight is 375 g/mol. The van der Waals surface area contributed by atoms with E-state index in [9.17, 15) is 4.79 Å². The van der Waals surface area contributed by atoms with Gasteiger partial charge >= 0.3 is 6.03 Å². The lowest BCUT2D eigenvalue weighted by molar-refractivity contribution is 0.203. The second-order valence-corrected chi connectivity index (χ2v) is 6.50. The first-order valence-electron chi connectivity index (χ1n) is 9.30. The van der Waals surface area contributed by atoms with Crippen LogP contribution in [0.5, 0.6) is 0 Å². The van der Waals surface area contributed by atoms with Crippen LogP contribution in [0.1, 0.15) is 17.0 Å². The summed E-state index contributed by atoms with van der Waals surface area (Å²) in [5.74, 6) is 1.69. The molecule has 2 aromatic heterocycles. The fourth-order valence-corrected chi connectivity index (χ4v) is 2.91. The Balaban J connectivity index is 1.55. The molecule has 0 radical (unpaired) electrons. The van der Waals surface area contributed by atoms with Gasteiger partial charge in [-0.2, -0.15) is 0 Å². The summed E-state index contributed by atoms with van der Waals surface area (Å²) in [6.07, 6.45) is 7.95. The number of amides is 2. The number of nitrogens with one attached hydrogen (secondary N) is 1. The molecule has 0 saturated carbocycles. The average Bonchev–Trinajstić information content (AvgIpc) is 3.16. The molecule has 2 heterocycles. The number of nitrogens with zero attached hydrogens (tertiary/aromatic N) is 4. The molecule has 6 heteroatoms. The molecule has 6 nitrogen and oxygen atoms in total. The van der Waals surface area contributed by atoms with Crippen LogP contribution in [0.25, 0.3) is 5.82 Å². The first-order valence-corrected chi connectivity index (χ1v) is 9.30. The van der Waals surface area contributed by atoms with Gasteiger partial charge in [-0.3, -0.25) is 4.57 Å². The van der Waals surface area contributed by atoms with Crippen LogP contribution in [-0.2, 0) is 13.0 Å². The molecule has 3 rings (SSSR count). The topological polar surface area (TPSA) is 63.1 Å². The molecule has 0 aliphatic rings. The first kappa shape index (κ1) is 19.4. The number of aryl methyl sites for hydroxylation is 1. The fourth-order valence-electron chi connectivity index (χ4n) is 2.91. The SMILES string of the molecule is C=CCN(CCc1ccccc1)C(=O)NCc1ccc(-n2ccnc2C)nc1. The Morgan fingerprint density at radius 2 is 2.00 bits per heavy atom. The van der Waals surface area contributed by atoms with E-state index in [1.165, 1.54) is 5.56 Å². The maximum Gasteiger partial charge on any atom is 0.317 e. The standard InChI is InChI=1S/C22H25N5O/c1-3-13-26(14-11-19-7-5-4-6-8-19)22(28)25-17-20-9-10-21(24-16-20)27-15-12-23-18(27)2/h3-10,12,15-16H,1,11,13-14,17H2,2H3,(H,25,28). The zero-order valence-electron chi connectivity index (χ0n) is 16.1. The Kier molecular flexibility index (Phi) is 6.57. The molecule has 3 aromatic rings. The van der Waals surface area contributed by atoms with E-state index < -0.39 is 0 Å². The van der Waals surface area contributed by atoms with Crippen molar-refractivity contribution in [1.82, 2.24) is 24.8 Å². The van der Waals surface area contributed by atoms with Crippen LogP contribution >= 0.6 is 0 Å². The van der Waals surface area contributed by atoms with Gasteiger partial charge in [0.1, 0.15) is 11.6 Å². The van der Waals surface area contributed by atoms with Gasteiger partial charge in [-0.15, -0.1) is 6.58 Å². The van der Waals surface area contributed by atoms with Crippen molar-refractivity contribution in [2.45, 2.75) is 19.9 Å². The number of hydrogen-bond acceptors (Lipinski definition) is 3. The van der Waals surface area contributed by atoms with Crippen molar-refractivity contribution in [2.75, 3.05) is 13.1 Å². The van der Waals surface area contributed by atoms with Gasteiger partial charge in [-0.05, 0) is 30.5 Å². The molecule has 0 spiro atoms. The van der Waals surface area contributed by atoms with Crippen molar-refractivity contribution in [2.24, 2.45) is 0 Å². The highest BCUT2D eigenvalue weighted by Gasteiger charge is 2.12. The number of urea groups is 1. The van der Waals surface area contributed by atoms with Crippen molar-refractivity contribution in [1.29, 1.82) is 0 Å². The lowest BCUT2D eigenvalue weighted by Crippen LogP contribution is -2.40. The summed E-state index contributed by atoms with van der Waals surface area (Å²) in [5, 5.41) is 2.97. The highest BCUT2D eigenvalue weighted by Crippen LogP contribution is 2.08. The molecule has 1 N–H and O–H groups in total. The van der Waals surface area contributed by atoms with Gasteiger partial charge in [-0.25, -0.2) is 14.8 Å². The van der Waals surface area contributed by atoms with E-state index in [0.717, 1.165) is 23.6 Å². The quantitative estimate of drug-likeness (QED) is 0.613. The number of rotatable bonds is 8. The third-order valence-electron chi connectivity index (χ3n) is 4.48. The summed E-state index contributed by atoms with van der Waals surface area (Å²) >= 11 is 0.